The standard InChI is InChI=1S/C16H28N4/c1-5-13-7-6-8-20(12-13)15-11-17-9-14(19-15)10-18-16(2,3)4/h9,11,13,18H,5-8,10,12H2,1-4H3. The summed E-state index contributed by atoms with van der Waals surface area (Å²) in [4.78, 5) is 11.5. The molecule has 1 aliphatic heterocycles. The number of piperidine rings is 1. The fourth-order valence-electron chi connectivity index (χ4n) is 2.59. The van der Waals surface area contributed by atoms with E-state index in [0.717, 1.165) is 37.1 Å². The minimum absolute atomic E-state index is 0.107. The van der Waals surface area contributed by atoms with E-state index >= 15 is 0 Å². The molecule has 1 N–H and O–H groups in total. The van der Waals surface area contributed by atoms with Crippen LogP contribution >= 0.6 is 0 Å². The van der Waals surface area contributed by atoms with Crippen molar-refractivity contribution in [2.45, 2.75) is 59.0 Å². The van der Waals surface area contributed by atoms with Crippen molar-refractivity contribution in [1.29, 1.82) is 0 Å². The first-order valence-electron chi connectivity index (χ1n) is 7.79. The maximum absolute atomic E-state index is 4.77. The van der Waals surface area contributed by atoms with Gasteiger partial charge in [0, 0.05) is 31.4 Å². The van der Waals surface area contributed by atoms with E-state index in [1.165, 1.54) is 19.3 Å². The van der Waals surface area contributed by atoms with Gasteiger partial charge in [0.05, 0.1) is 11.9 Å². The Kier molecular flexibility index (Phi) is 4.97. The van der Waals surface area contributed by atoms with Gasteiger partial charge in [0.1, 0.15) is 5.82 Å². The summed E-state index contributed by atoms with van der Waals surface area (Å²) in [6, 6.07) is 0. The van der Waals surface area contributed by atoms with E-state index < -0.39 is 0 Å². The van der Waals surface area contributed by atoms with Crippen molar-refractivity contribution in [3.8, 4) is 0 Å². The van der Waals surface area contributed by atoms with Gasteiger partial charge in [-0.25, -0.2) is 4.98 Å². The van der Waals surface area contributed by atoms with Crippen molar-refractivity contribution >= 4 is 5.82 Å². The SMILES string of the molecule is CCC1CCCN(c2cncc(CNC(C)(C)C)n2)C1. The van der Waals surface area contributed by atoms with E-state index in [1.54, 1.807) is 0 Å². The van der Waals surface area contributed by atoms with E-state index in [-0.39, 0.29) is 5.54 Å². The Morgan fingerprint density at radius 3 is 2.85 bits per heavy atom. The van der Waals surface area contributed by atoms with Crippen LogP contribution < -0.4 is 10.2 Å². The summed E-state index contributed by atoms with van der Waals surface area (Å²) in [5.41, 5.74) is 1.13. The molecule has 1 aromatic rings. The lowest BCUT2D eigenvalue weighted by Crippen LogP contribution is -2.37. The quantitative estimate of drug-likeness (QED) is 0.918. The number of hydrogen-bond acceptors (Lipinski definition) is 4. The first-order chi connectivity index (χ1) is 9.48. The highest BCUT2D eigenvalue weighted by Gasteiger charge is 2.20. The van der Waals surface area contributed by atoms with Gasteiger partial charge in [0.25, 0.3) is 0 Å². The average Bonchev–Trinajstić information content (AvgIpc) is 2.45. The minimum Gasteiger partial charge on any atom is -0.355 e. The summed E-state index contributed by atoms with van der Waals surface area (Å²) < 4.78 is 0. The molecule has 2 rings (SSSR count). The Morgan fingerprint density at radius 2 is 2.15 bits per heavy atom. The van der Waals surface area contributed by atoms with E-state index in [4.69, 9.17) is 4.98 Å². The van der Waals surface area contributed by atoms with E-state index in [9.17, 15) is 0 Å². The summed E-state index contributed by atoms with van der Waals surface area (Å²) in [6.07, 6.45) is 7.65. The van der Waals surface area contributed by atoms with Crippen molar-refractivity contribution in [1.82, 2.24) is 15.3 Å². The fourth-order valence-corrected chi connectivity index (χ4v) is 2.59. The lowest BCUT2D eigenvalue weighted by molar-refractivity contribution is 0.401. The summed E-state index contributed by atoms with van der Waals surface area (Å²) in [7, 11) is 0. The molecule has 0 bridgehead atoms. The Balaban J connectivity index is 2.01. The van der Waals surface area contributed by atoms with E-state index in [2.05, 4.69) is 42.9 Å². The zero-order valence-electron chi connectivity index (χ0n) is 13.3. The maximum Gasteiger partial charge on any atom is 0.147 e. The third-order valence-electron chi connectivity index (χ3n) is 3.89. The Labute approximate surface area is 123 Å². The van der Waals surface area contributed by atoms with Gasteiger partial charge in [0.2, 0.25) is 0 Å². The lowest BCUT2D eigenvalue weighted by Gasteiger charge is -2.33. The Hall–Kier alpha value is -1.16. The monoisotopic (exact) mass is 276 g/mol. The second-order valence-electron chi connectivity index (χ2n) is 6.83. The predicted molar refractivity (Wildman–Crippen MR) is 83.9 cm³/mol. The molecule has 4 nitrogen and oxygen atoms in total. The molecule has 2 heterocycles. The largest absolute Gasteiger partial charge is 0.355 e. The lowest BCUT2D eigenvalue weighted by atomic mass is 9.96. The van der Waals surface area contributed by atoms with Crippen LogP contribution in [0.3, 0.4) is 0 Å². The molecule has 1 fully saturated rings. The molecular weight excluding hydrogens is 248 g/mol. The van der Waals surface area contributed by atoms with E-state index in [1.807, 2.05) is 12.4 Å². The molecule has 20 heavy (non-hydrogen) atoms. The number of hydrogen-bond donors (Lipinski definition) is 1. The van der Waals surface area contributed by atoms with Crippen LogP contribution in [0, 0.1) is 5.92 Å². The third kappa shape index (κ3) is 4.44. The number of nitrogens with zero attached hydrogens (tertiary/aromatic N) is 3. The predicted octanol–water partition coefficient (Wildman–Crippen LogP) is 2.99. The number of rotatable bonds is 4. The van der Waals surface area contributed by atoms with Crippen LogP contribution in [-0.4, -0.2) is 28.6 Å². The zero-order chi connectivity index (χ0) is 14.6. The van der Waals surface area contributed by atoms with Gasteiger partial charge in [-0.1, -0.05) is 13.3 Å². The van der Waals surface area contributed by atoms with Crippen LogP contribution in [0.5, 0.6) is 0 Å². The molecule has 0 aliphatic carbocycles. The number of nitrogens with one attached hydrogen (secondary N) is 1. The summed E-state index contributed by atoms with van der Waals surface area (Å²) in [5, 5.41) is 3.47. The van der Waals surface area contributed by atoms with Crippen LogP contribution in [0.1, 0.15) is 52.7 Å². The number of anilines is 1. The van der Waals surface area contributed by atoms with Crippen molar-refractivity contribution in [3.05, 3.63) is 18.1 Å². The molecule has 1 aromatic heterocycles. The van der Waals surface area contributed by atoms with Crippen LogP contribution in [-0.2, 0) is 6.54 Å². The molecule has 4 heteroatoms. The van der Waals surface area contributed by atoms with Gasteiger partial charge >= 0.3 is 0 Å². The minimum atomic E-state index is 0.107. The third-order valence-corrected chi connectivity index (χ3v) is 3.89. The molecule has 112 valence electrons. The van der Waals surface area contributed by atoms with Crippen molar-refractivity contribution in [3.63, 3.8) is 0 Å². The molecule has 0 radical (unpaired) electrons. The van der Waals surface area contributed by atoms with Gasteiger partial charge in [-0.2, -0.15) is 0 Å². The Bertz CT molecular complexity index is 425. The molecule has 0 aromatic carbocycles. The van der Waals surface area contributed by atoms with Gasteiger partial charge in [-0.05, 0) is 39.5 Å². The zero-order valence-corrected chi connectivity index (χ0v) is 13.3. The molecule has 1 saturated heterocycles. The number of aromatic nitrogens is 2. The first kappa shape index (κ1) is 15.2. The molecule has 1 unspecified atom stereocenters. The normalized spacial score (nSPS) is 20.2. The maximum atomic E-state index is 4.77. The smallest absolute Gasteiger partial charge is 0.147 e. The highest BCUT2D eigenvalue weighted by molar-refractivity contribution is 5.37. The van der Waals surface area contributed by atoms with Crippen LogP contribution in [0.25, 0.3) is 0 Å². The van der Waals surface area contributed by atoms with Crippen molar-refractivity contribution in [2.75, 3.05) is 18.0 Å². The van der Waals surface area contributed by atoms with Gasteiger partial charge in [0.15, 0.2) is 0 Å². The highest BCUT2D eigenvalue weighted by atomic mass is 15.2. The Morgan fingerprint density at radius 1 is 1.35 bits per heavy atom. The van der Waals surface area contributed by atoms with Gasteiger partial charge in [-0.15, -0.1) is 0 Å². The van der Waals surface area contributed by atoms with Crippen LogP contribution in [0.2, 0.25) is 0 Å². The molecule has 1 aliphatic rings. The molecule has 1 atom stereocenters. The summed E-state index contributed by atoms with van der Waals surface area (Å²) >= 11 is 0. The first-order valence-corrected chi connectivity index (χ1v) is 7.79. The second-order valence-corrected chi connectivity index (χ2v) is 6.83. The average molecular weight is 276 g/mol. The highest BCUT2D eigenvalue weighted by Crippen LogP contribution is 2.23. The van der Waals surface area contributed by atoms with Gasteiger partial charge in [-0.3, -0.25) is 4.98 Å². The fraction of sp³-hybridized carbons (Fsp3) is 0.750. The van der Waals surface area contributed by atoms with Gasteiger partial charge < -0.3 is 10.2 Å². The molecule has 0 spiro atoms. The van der Waals surface area contributed by atoms with Crippen LogP contribution in [0.15, 0.2) is 12.4 Å². The van der Waals surface area contributed by atoms with E-state index in [0.29, 0.717) is 0 Å². The summed E-state index contributed by atoms with van der Waals surface area (Å²) in [5.74, 6) is 1.85. The van der Waals surface area contributed by atoms with Crippen molar-refractivity contribution in [2.24, 2.45) is 5.92 Å². The summed E-state index contributed by atoms with van der Waals surface area (Å²) in [6.45, 7) is 11.8. The van der Waals surface area contributed by atoms with Crippen molar-refractivity contribution < 1.29 is 0 Å². The topological polar surface area (TPSA) is 41.1 Å². The molecule has 0 amide bonds. The molecular formula is C16H28N4. The molecule has 0 saturated carbocycles. The van der Waals surface area contributed by atoms with Crippen LogP contribution in [0.4, 0.5) is 5.82 Å². The second kappa shape index (κ2) is 6.53.